The van der Waals surface area contributed by atoms with E-state index in [9.17, 15) is 15.0 Å². The molecular weight excluding hydrogens is 663 g/mol. The molecule has 0 heterocycles. The molecular formula is C39H48ClO8P. The first-order valence-electron chi connectivity index (χ1n) is 15.8. The second-order valence-electron chi connectivity index (χ2n) is 14.4. The molecule has 4 aromatic rings. The lowest BCUT2D eigenvalue weighted by atomic mass is 9.81. The van der Waals surface area contributed by atoms with Crippen LogP contribution in [-0.4, -0.2) is 36.2 Å². The van der Waals surface area contributed by atoms with Crippen molar-refractivity contribution in [1.29, 1.82) is 0 Å². The predicted molar refractivity (Wildman–Crippen MR) is 199 cm³/mol. The van der Waals surface area contributed by atoms with Crippen LogP contribution in [0.4, 0.5) is 4.79 Å². The van der Waals surface area contributed by atoms with Gasteiger partial charge in [0.05, 0.1) is 14.2 Å². The first kappa shape index (κ1) is 39.3. The molecule has 0 spiro atoms. The Morgan fingerprint density at radius 3 is 1.41 bits per heavy atom. The topological polar surface area (TPSA) is 104 Å². The van der Waals surface area contributed by atoms with Crippen LogP contribution in [0.15, 0.2) is 72.8 Å². The Labute approximate surface area is 296 Å². The molecule has 0 aliphatic heterocycles. The fourth-order valence-electron chi connectivity index (χ4n) is 4.97. The van der Waals surface area contributed by atoms with Crippen molar-refractivity contribution in [2.45, 2.75) is 78.7 Å². The number of aromatic hydroxyl groups is 2. The second kappa shape index (κ2) is 16.1. The Hall–Kier alpha value is -4.13. The SMILES string of the molecule is COc1cc(-c2cc(OC)cc(C(C)(C)C)c2OC(=O)OC(C)(C)C)c(OPCl)c(C(C)(C)C)c1.Oc1ccccc1-c1ccccc1O. The summed E-state index contributed by atoms with van der Waals surface area (Å²) in [5, 5.41) is 19.2. The fraction of sp³-hybridized carbons (Fsp3) is 0.359. The van der Waals surface area contributed by atoms with E-state index in [-0.39, 0.29) is 30.5 Å². The Kier molecular flexibility index (Phi) is 12.9. The molecule has 2 N–H and O–H groups in total. The minimum Gasteiger partial charge on any atom is -0.507 e. The highest BCUT2D eigenvalue weighted by Gasteiger charge is 2.31. The predicted octanol–water partition coefficient (Wildman–Crippen LogP) is 11.2. The monoisotopic (exact) mass is 710 g/mol. The maximum absolute atomic E-state index is 12.9. The number of halogens is 1. The van der Waals surface area contributed by atoms with Crippen LogP contribution in [0.5, 0.6) is 34.5 Å². The molecule has 0 aliphatic carbocycles. The summed E-state index contributed by atoms with van der Waals surface area (Å²) in [5.74, 6) is 2.56. The van der Waals surface area contributed by atoms with Gasteiger partial charge >= 0.3 is 6.16 Å². The average molecular weight is 711 g/mol. The van der Waals surface area contributed by atoms with Gasteiger partial charge < -0.3 is 33.7 Å². The highest BCUT2D eigenvalue weighted by atomic mass is 35.7. The van der Waals surface area contributed by atoms with Crippen molar-refractivity contribution in [3.8, 4) is 56.8 Å². The van der Waals surface area contributed by atoms with E-state index >= 15 is 0 Å². The number of benzene rings is 4. The van der Waals surface area contributed by atoms with Crippen molar-refractivity contribution in [1.82, 2.24) is 0 Å². The Bertz CT molecular complexity index is 1710. The standard InChI is InChI=1S/C27H38ClO6P.C12H10O2/c1-25(2,3)20-14-16(30-10)12-18(22(20)32-24(29)33-27(7,8)9)19-13-17(31-11)15-21(26(4,5)6)23(19)34-35-28;13-11-7-3-1-5-9(11)10-6-2-4-8-12(10)14/h12-15,35H,1-11H3;1-8,13-14H. The van der Waals surface area contributed by atoms with Crippen LogP contribution >= 0.6 is 19.4 Å². The van der Waals surface area contributed by atoms with Crippen LogP contribution in [0.1, 0.15) is 73.4 Å². The minimum absolute atomic E-state index is 0.175. The molecule has 0 saturated carbocycles. The number of methoxy groups -OCH3 is 2. The quantitative estimate of drug-likeness (QED) is 0.111. The second-order valence-corrected chi connectivity index (χ2v) is 15.2. The van der Waals surface area contributed by atoms with Crippen LogP contribution in [-0.2, 0) is 15.6 Å². The number of rotatable bonds is 7. The molecule has 0 amide bonds. The zero-order chi connectivity index (χ0) is 36.7. The van der Waals surface area contributed by atoms with Gasteiger partial charge in [0.15, 0.2) is 8.16 Å². The van der Waals surface area contributed by atoms with Crippen LogP contribution < -0.4 is 18.7 Å². The molecule has 0 radical (unpaired) electrons. The van der Waals surface area contributed by atoms with Crippen molar-refractivity contribution in [2.75, 3.05) is 14.2 Å². The van der Waals surface area contributed by atoms with Gasteiger partial charge in [-0.05, 0) is 68.0 Å². The van der Waals surface area contributed by atoms with Crippen LogP contribution in [0.3, 0.4) is 0 Å². The maximum Gasteiger partial charge on any atom is 0.514 e. The summed E-state index contributed by atoms with van der Waals surface area (Å²) >= 11 is 6.09. The number of phenolic OH excluding ortho intramolecular Hbond substituents is 2. The summed E-state index contributed by atoms with van der Waals surface area (Å²) in [7, 11) is 2.90. The molecule has 49 heavy (non-hydrogen) atoms. The number of hydrogen-bond acceptors (Lipinski definition) is 8. The number of carbonyl (C=O) groups excluding carboxylic acids is 1. The Balaban J connectivity index is 0.000000382. The van der Waals surface area contributed by atoms with Gasteiger partial charge in [-0.3, -0.25) is 0 Å². The normalized spacial score (nSPS) is 11.8. The number of ether oxygens (including phenoxy) is 4. The molecule has 8 nitrogen and oxygen atoms in total. The molecule has 0 aromatic heterocycles. The van der Waals surface area contributed by atoms with Gasteiger partial charge in [0, 0.05) is 33.4 Å². The lowest BCUT2D eigenvalue weighted by Crippen LogP contribution is -2.27. The summed E-state index contributed by atoms with van der Waals surface area (Å²) in [6.45, 7) is 17.7. The van der Waals surface area contributed by atoms with Gasteiger partial charge in [-0.1, -0.05) is 89.2 Å². The lowest BCUT2D eigenvalue weighted by molar-refractivity contribution is 0.0204. The van der Waals surface area contributed by atoms with E-state index < -0.39 is 11.8 Å². The third-order valence-corrected chi connectivity index (χ3v) is 7.83. The molecule has 10 heteroatoms. The van der Waals surface area contributed by atoms with Crippen molar-refractivity contribution in [2.24, 2.45) is 0 Å². The summed E-state index contributed by atoms with van der Waals surface area (Å²) < 4.78 is 28.7. The fourth-order valence-corrected chi connectivity index (χ4v) is 5.50. The van der Waals surface area contributed by atoms with Gasteiger partial charge in [-0.15, -0.1) is 0 Å². The van der Waals surface area contributed by atoms with E-state index in [0.29, 0.717) is 45.3 Å². The first-order valence-corrected chi connectivity index (χ1v) is 17.7. The summed E-state index contributed by atoms with van der Waals surface area (Å²) in [5.41, 5.74) is 2.86. The van der Waals surface area contributed by atoms with Gasteiger partial charge in [0.2, 0.25) is 0 Å². The van der Waals surface area contributed by atoms with Crippen molar-refractivity contribution in [3.05, 3.63) is 83.9 Å². The molecule has 4 rings (SSSR count). The molecule has 0 bridgehead atoms. The van der Waals surface area contributed by atoms with Crippen molar-refractivity contribution >= 4 is 25.6 Å². The van der Waals surface area contributed by atoms with E-state index in [0.717, 1.165) is 11.1 Å². The molecule has 0 fully saturated rings. The van der Waals surface area contributed by atoms with E-state index in [4.69, 9.17) is 34.7 Å². The zero-order valence-electron chi connectivity index (χ0n) is 30.2. The average Bonchev–Trinajstić information content (AvgIpc) is 3.00. The van der Waals surface area contributed by atoms with Crippen molar-refractivity contribution < 1.29 is 38.5 Å². The summed E-state index contributed by atoms with van der Waals surface area (Å²) in [4.78, 5) is 12.9. The Morgan fingerprint density at radius 1 is 0.633 bits per heavy atom. The van der Waals surface area contributed by atoms with E-state index in [1.807, 2.05) is 57.2 Å². The third-order valence-electron chi connectivity index (χ3n) is 7.32. The number of para-hydroxylation sites is 2. The summed E-state index contributed by atoms with van der Waals surface area (Å²) in [6, 6.07) is 21.4. The van der Waals surface area contributed by atoms with Gasteiger partial charge in [-0.25, -0.2) is 4.79 Å². The molecule has 1 atom stereocenters. The molecule has 0 saturated heterocycles. The smallest absolute Gasteiger partial charge is 0.507 e. The summed E-state index contributed by atoms with van der Waals surface area (Å²) in [6.07, 6.45) is -0.796. The molecule has 1 unspecified atom stereocenters. The maximum atomic E-state index is 12.9. The highest BCUT2D eigenvalue weighted by Crippen LogP contribution is 2.50. The van der Waals surface area contributed by atoms with E-state index in [2.05, 4.69) is 20.8 Å². The van der Waals surface area contributed by atoms with Gasteiger partial charge in [-0.2, -0.15) is 0 Å². The van der Waals surface area contributed by atoms with Crippen LogP contribution in [0.25, 0.3) is 22.3 Å². The largest absolute Gasteiger partial charge is 0.514 e. The minimum atomic E-state index is -0.796. The molecule has 264 valence electrons. The zero-order valence-corrected chi connectivity index (χ0v) is 31.9. The molecule has 4 aromatic carbocycles. The lowest BCUT2D eigenvalue weighted by Gasteiger charge is -2.28. The number of carbonyl (C=O) groups is 1. The Morgan fingerprint density at radius 2 is 1.04 bits per heavy atom. The van der Waals surface area contributed by atoms with E-state index in [1.165, 1.54) is 0 Å². The van der Waals surface area contributed by atoms with Crippen molar-refractivity contribution in [3.63, 3.8) is 0 Å². The molecule has 0 aliphatic rings. The van der Waals surface area contributed by atoms with Crippen LogP contribution in [0.2, 0.25) is 0 Å². The van der Waals surface area contributed by atoms with Gasteiger partial charge in [0.1, 0.15) is 40.1 Å². The number of phenols is 2. The van der Waals surface area contributed by atoms with Gasteiger partial charge in [0.25, 0.3) is 0 Å². The van der Waals surface area contributed by atoms with E-state index in [1.54, 1.807) is 71.4 Å². The van der Waals surface area contributed by atoms with Crippen LogP contribution in [0, 0.1) is 0 Å². The first-order chi connectivity index (χ1) is 22.8. The third kappa shape index (κ3) is 10.4. The number of hydrogen-bond donors (Lipinski definition) is 2. The highest BCUT2D eigenvalue weighted by molar-refractivity contribution is 7.64.